The molecule has 116 valence electrons. The topological polar surface area (TPSA) is 49.8 Å². The molecule has 2 saturated heterocycles. The molecule has 3 atom stereocenters. The van der Waals surface area contributed by atoms with Crippen LogP contribution in [0.5, 0.6) is 0 Å². The van der Waals surface area contributed by atoms with Crippen LogP contribution in [0.25, 0.3) is 0 Å². The Morgan fingerprint density at radius 3 is 2.35 bits per heavy atom. The molecule has 0 radical (unpaired) electrons. The van der Waals surface area contributed by atoms with Gasteiger partial charge >= 0.3 is 5.97 Å². The molecule has 2 bridgehead atoms. The average molecular weight is 283 g/mol. The Labute approximate surface area is 122 Å². The van der Waals surface area contributed by atoms with Crippen LogP contribution in [0, 0.1) is 5.92 Å². The molecule has 2 aliphatic heterocycles. The molecule has 0 spiro atoms. The van der Waals surface area contributed by atoms with Crippen molar-refractivity contribution in [3.05, 3.63) is 0 Å². The van der Waals surface area contributed by atoms with Gasteiger partial charge in [-0.15, -0.1) is 0 Å². The fraction of sp³-hybridized carbons (Fsp3) is 0.938. The second-order valence-electron chi connectivity index (χ2n) is 7.28. The molecular formula is C16H29NO3. The summed E-state index contributed by atoms with van der Waals surface area (Å²) in [6.45, 7) is 6.58. The molecule has 1 N–H and O–H groups in total. The third kappa shape index (κ3) is 3.53. The predicted molar refractivity (Wildman–Crippen MR) is 78.8 cm³/mol. The number of methoxy groups -OCH3 is 1. The summed E-state index contributed by atoms with van der Waals surface area (Å²) in [5.41, 5.74) is -0.0865. The van der Waals surface area contributed by atoms with Gasteiger partial charge in [0.2, 0.25) is 0 Å². The number of carbonyl (C=O) groups is 1. The van der Waals surface area contributed by atoms with Crippen molar-refractivity contribution in [1.29, 1.82) is 0 Å². The highest BCUT2D eigenvalue weighted by molar-refractivity contribution is 5.67. The summed E-state index contributed by atoms with van der Waals surface area (Å²) in [6, 6.07) is 1.68. The summed E-state index contributed by atoms with van der Waals surface area (Å²) in [6.07, 6.45) is 5.96. The second-order valence-corrected chi connectivity index (χ2v) is 7.28. The molecule has 0 aliphatic carbocycles. The molecule has 2 aliphatic rings. The highest BCUT2D eigenvalue weighted by Crippen LogP contribution is 2.42. The highest BCUT2D eigenvalue weighted by atomic mass is 16.5. The molecule has 0 amide bonds. The van der Waals surface area contributed by atoms with Crippen LogP contribution < -0.4 is 0 Å². The van der Waals surface area contributed by atoms with Crippen molar-refractivity contribution in [1.82, 2.24) is 4.90 Å². The Morgan fingerprint density at radius 2 is 1.90 bits per heavy atom. The molecule has 0 saturated carbocycles. The maximum absolute atomic E-state index is 10.9. The normalized spacial score (nSPS) is 32.3. The number of nitrogens with zero attached hydrogens (tertiary/aromatic N) is 1. The first kappa shape index (κ1) is 15.8. The Bertz CT molecular complexity index is 342. The average Bonchev–Trinajstić information content (AvgIpc) is 2.60. The number of piperidine rings is 1. The van der Waals surface area contributed by atoms with E-state index in [9.17, 15) is 4.79 Å². The third-order valence-corrected chi connectivity index (χ3v) is 5.20. The predicted octanol–water partition coefficient (Wildman–Crippen LogP) is 2.91. The molecule has 0 aromatic heterocycles. The van der Waals surface area contributed by atoms with E-state index in [-0.39, 0.29) is 5.60 Å². The van der Waals surface area contributed by atoms with E-state index >= 15 is 0 Å². The fourth-order valence-electron chi connectivity index (χ4n) is 4.36. The van der Waals surface area contributed by atoms with Gasteiger partial charge in [-0.3, -0.25) is 9.69 Å². The zero-order valence-electron chi connectivity index (χ0n) is 13.3. The van der Waals surface area contributed by atoms with Gasteiger partial charge in [0.15, 0.2) is 0 Å². The molecule has 3 unspecified atom stereocenters. The Kier molecular flexibility index (Phi) is 4.75. The number of carboxylic acid groups (broad SMARTS) is 1. The lowest BCUT2D eigenvalue weighted by molar-refractivity contribution is -0.138. The second kappa shape index (κ2) is 6.02. The standard InChI is InChI=1S/C16H29NO3/c1-11(10-16(2,3)20-4)17-13-5-6-14(17)8-12(7-13)9-15(18)19/h11-14H,5-10H2,1-4H3,(H,18,19). The molecule has 2 rings (SSSR count). The molecule has 0 aromatic carbocycles. The molecule has 4 heteroatoms. The van der Waals surface area contributed by atoms with Crippen LogP contribution in [0.3, 0.4) is 0 Å². The van der Waals surface area contributed by atoms with E-state index in [4.69, 9.17) is 9.84 Å². The minimum atomic E-state index is -0.642. The molecule has 20 heavy (non-hydrogen) atoms. The molecule has 2 fully saturated rings. The lowest BCUT2D eigenvalue weighted by Crippen LogP contribution is -2.50. The van der Waals surface area contributed by atoms with Gasteiger partial charge in [0.05, 0.1) is 5.60 Å². The number of rotatable bonds is 6. The summed E-state index contributed by atoms with van der Waals surface area (Å²) in [5, 5.41) is 8.99. The lowest BCUT2D eigenvalue weighted by Gasteiger charge is -2.44. The number of aliphatic carboxylic acids is 1. The van der Waals surface area contributed by atoms with Crippen LogP contribution in [0.2, 0.25) is 0 Å². The molecule has 2 heterocycles. The Morgan fingerprint density at radius 1 is 1.35 bits per heavy atom. The number of hydrogen-bond donors (Lipinski definition) is 1. The maximum atomic E-state index is 10.9. The van der Waals surface area contributed by atoms with Gasteiger partial charge in [-0.2, -0.15) is 0 Å². The van der Waals surface area contributed by atoms with Crippen LogP contribution in [0.15, 0.2) is 0 Å². The van der Waals surface area contributed by atoms with Crippen molar-refractivity contribution in [3.8, 4) is 0 Å². The first-order valence-electron chi connectivity index (χ1n) is 7.87. The number of fused-ring (bicyclic) bond motifs is 2. The summed E-state index contributed by atoms with van der Waals surface area (Å²) >= 11 is 0. The van der Waals surface area contributed by atoms with Crippen LogP contribution in [0.4, 0.5) is 0 Å². The van der Waals surface area contributed by atoms with E-state index in [1.165, 1.54) is 12.8 Å². The van der Waals surface area contributed by atoms with E-state index < -0.39 is 5.97 Å². The van der Waals surface area contributed by atoms with Gasteiger partial charge in [-0.1, -0.05) is 0 Å². The lowest BCUT2D eigenvalue weighted by atomic mass is 9.86. The number of ether oxygens (including phenoxy) is 1. The van der Waals surface area contributed by atoms with Crippen LogP contribution >= 0.6 is 0 Å². The summed E-state index contributed by atoms with van der Waals surface area (Å²) in [4.78, 5) is 13.6. The van der Waals surface area contributed by atoms with E-state index in [0.29, 0.717) is 30.5 Å². The van der Waals surface area contributed by atoms with E-state index in [0.717, 1.165) is 19.3 Å². The monoisotopic (exact) mass is 283 g/mol. The van der Waals surface area contributed by atoms with Gasteiger partial charge < -0.3 is 9.84 Å². The van der Waals surface area contributed by atoms with Crippen molar-refractivity contribution in [2.45, 2.75) is 83.0 Å². The van der Waals surface area contributed by atoms with Crippen molar-refractivity contribution in [2.24, 2.45) is 5.92 Å². The van der Waals surface area contributed by atoms with Crippen molar-refractivity contribution in [3.63, 3.8) is 0 Å². The first-order chi connectivity index (χ1) is 9.32. The maximum Gasteiger partial charge on any atom is 0.303 e. The zero-order chi connectivity index (χ0) is 14.9. The van der Waals surface area contributed by atoms with Gasteiger partial charge in [-0.25, -0.2) is 0 Å². The van der Waals surface area contributed by atoms with Crippen LogP contribution in [0.1, 0.15) is 59.3 Å². The summed E-state index contributed by atoms with van der Waals surface area (Å²) < 4.78 is 5.56. The Hall–Kier alpha value is -0.610. The third-order valence-electron chi connectivity index (χ3n) is 5.20. The first-order valence-corrected chi connectivity index (χ1v) is 7.87. The summed E-state index contributed by atoms with van der Waals surface area (Å²) in [5.74, 6) is -0.264. The number of carboxylic acids is 1. The SMILES string of the molecule is COC(C)(C)CC(C)N1C2CCC1CC(CC(=O)O)C2. The zero-order valence-corrected chi connectivity index (χ0v) is 13.3. The Balaban J connectivity index is 1.96. The van der Waals surface area contributed by atoms with E-state index in [1.807, 2.05) is 0 Å². The van der Waals surface area contributed by atoms with E-state index in [2.05, 4.69) is 25.7 Å². The van der Waals surface area contributed by atoms with Crippen molar-refractivity contribution < 1.29 is 14.6 Å². The largest absolute Gasteiger partial charge is 0.481 e. The fourth-order valence-corrected chi connectivity index (χ4v) is 4.36. The highest BCUT2D eigenvalue weighted by Gasteiger charge is 2.43. The quantitative estimate of drug-likeness (QED) is 0.814. The van der Waals surface area contributed by atoms with Crippen molar-refractivity contribution in [2.75, 3.05) is 7.11 Å². The van der Waals surface area contributed by atoms with Gasteiger partial charge in [-0.05, 0) is 58.8 Å². The van der Waals surface area contributed by atoms with Crippen LogP contribution in [-0.2, 0) is 9.53 Å². The number of hydrogen-bond acceptors (Lipinski definition) is 3. The molecule has 4 nitrogen and oxygen atoms in total. The molecular weight excluding hydrogens is 254 g/mol. The molecule has 0 aromatic rings. The van der Waals surface area contributed by atoms with Crippen LogP contribution in [-0.4, -0.2) is 46.8 Å². The van der Waals surface area contributed by atoms with Gasteiger partial charge in [0.1, 0.15) is 0 Å². The minimum Gasteiger partial charge on any atom is -0.481 e. The van der Waals surface area contributed by atoms with E-state index in [1.54, 1.807) is 7.11 Å². The smallest absolute Gasteiger partial charge is 0.303 e. The minimum absolute atomic E-state index is 0.0865. The summed E-state index contributed by atoms with van der Waals surface area (Å²) in [7, 11) is 1.78. The van der Waals surface area contributed by atoms with Crippen molar-refractivity contribution >= 4 is 5.97 Å². The van der Waals surface area contributed by atoms with Gasteiger partial charge in [0.25, 0.3) is 0 Å². The van der Waals surface area contributed by atoms with Gasteiger partial charge in [0, 0.05) is 31.7 Å².